The maximum absolute atomic E-state index is 10.2. The van der Waals surface area contributed by atoms with E-state index in [1.54, 1.807) is 19.2 Å². The van der Waals surface area contributed by atoms with Gasteiger partial charge in [-0.2, -0.15) is 0 Å². The summed E-state index contributed by atoms with van der Waals surface area (Å²) in [7, 11) is 1.64. The van der Waals surface area contributed by atoms with Crippen LogP contribution in [0, 0.1) is 0 Å². The minimum atomic E-state index is 0.279. The van der Waals surface area contributed by atoms with Gasteiger partial charge in [0, 0.05) is 26.2 Å². The van der Waals surface area contributed by atoms with Crippen molar-refractivity contribution in [2.45, 2.75) is 6.42 Å². The molecule has 0 spiro atoms. The molecule has 0 fully saturated rings. The molecule has 13 heavy (non-hydrogen) atoms. The van der Waals surface area contributed by atoms with E-state index in [4.69, 9.17) is 13.9 Å². The Morgan fingerprint density at radius 1 is 1.46 bits per heavy atom. The molecule has 0 aliphatic rings. The lowest BCUT2D eigenvalue weighted by Gasteiger charge is -2.00. The van der Waals surface area contributed by atoms with E-state index in [0.29, 0.717) is 25.4 Å². The zero-order chi connectivity index (χ0) is 9.52. The van der Waals surface area contributed by atoms with Crippen LogP contribution in [-0.4, -0.2) is 26.6 Å². The van der Waals surface area contributed by atoms with Crippen LogP contribution in [0.1, 0.15) is 17.0 Å². The van der Waals surface area contributed by atoms with Crippen LogP contribution >= 0.6 is 0 Å². The van der Waals surface area contributed by atoms with Gasteiger partial charge in [0.25, 0.3) is 5.95 Å². The second-order valence-electron chi connectivity index (χ2n) is 2.47. The first-order chi connectivity index (χ1) is 6.36. The summed E-state index contributed by atoms with van der Waals surface area (Å²) in [6, 6.07) is 3.19. The van der Waals surface area contributed by atoms with Crippen molar-refractivity contribution in [3.05, 3.63) is 17.9 Å². The van der Waals surface area contributed by atoms with Crippen LogP contribution in [0.25, 0.3) is 0 Å². The molecule has 1 aromatic heterocycles. The van der Waals surface area contributed by atoms with Crippen molar-refractivity contribution in [1.29, 1.82) is 0 Å². The van der Waals surface area contributed by atoms with Crippen LogP contribution in [0.15, 0.2) is 16.5 Å². The van der Waals surface area contributed by atoms with Gasteiger partial charge in [-0.1, -0.05) is 0 Å². The van der Waals surface area contributed by atoms with Gasteiger partial charge >= 0.3 is 0 Å². The summed E-state index contributed by atoms with van der Waals surface area (Å²) >= 11 is 0. The van der Waals surface area contributed by atoms with Gasteiger partial charge in [0.05, 0.1) is 6.61 Å². The van der Waals surface area contributed by atoms with E-state index >= 15 is 0 Å². The number of carbonyl (C=O) groups is 1. The van der Waals surface area contributed by atoms with Crippen LogP contribution in [0.5, 0.6) is 5.95 Å². The molecule has 4 heteroatoms. The van der Waals surface area contributed by atoms with Crippen molar-refractivity contribution in [2.75, 3.05) is 20.3 Å². The SMILES string of the molecule is COCCCOc1ccc(C=O)o1. The highest BCUT2D eigenvalue weighted by molar-refractivity contribution is 5.70. The summed E-state index contributed by atoms with van der Waals surface area (Å²) in [6.45, 7) is 1.18. The highest BCUT2D eigenvalue weighted by Crippen LogP contribution is 2.14. The number of ether oxygens (including phenoxy) is 2. The first kappa shape index (κ1) is 9.80. The maximum atomic E-state index is 10.2. The number of carbonyl (C=O) groups excluding carboxylic acids is 1. The molecule has 0 atom stereocenters. The Labute approximate surface area is 76.4 Å². The Hall–Kier alpha value is -1.29. The van der Waals surface area contributed by atoms with E-state index in [1.807, 2.05) is 0 Å². The second-order valence-corrected chi connectivity index (χ2v) is 2.47. The number of hydrogen-bond acceptors (Lipinski definition) is 4. The molecule has 0 amide bonds. The fourth-order valence-corrected chi connectivity index (χ4v) is 0.851. The summed E-state index contributed by atoms with van der Waals surface area (Å²) in [5.41, 5.74) is 0. The predicted molar refractivity (Wildman–Crippen MR) is 46.1 cm³/mol. The summed E-state index contributed by atoms with van der Waals surface area (Å²) in [5.74, 6) is 0.653. The number of hydrogen-bond donors (Lipinski definition) is 0. The average molecular weight is 184 g/mol. The molecule has 72 valence electrons. The third-order valence-electron chi connectivity index (χ3n) is 1.46. The average Bonchev–Trinajstić information content (AvgIpc) is 2.60. The molecule has 0 N–H and O–H groups in total. The molecule has 0 saturated carbocycles. The molecular formula is C9H12O4. The zero-order valence-electron chi connectivity index (χ0n) is 7.49. The van der Waals surface area contributed by atoms with E-state index in [2.05, 4.69) is 0 Å². The summed E-state index contributed by atoms with van der Waals surface area (Å²) in [4.78, 5) is 10.2. The number of methoxy groups -OCH3 is 1. The van der Waals surface area contributed by atoms with Gasteiger partial charge in [0.1, 0.15) is 0 Å². The Bertz CT molecular complexity index is 254. The normalized spacial score (nSPS) is 9.92. The van der Waals surface area contributed by atoms with Crippen molar-refractivity contribution < 1.29 is 18.7 Å². The van der Waals surface area contributed by atoms with Crippen molar-refractivity contribution in [1.82, 2.24) is 0 Å². The van der Waals surface area contributed by atoms with Gasteiger partial charge in [-0.15, -0.1) is 0 Å². The zero-order valence-corrected chi connectivity index (χ0v) is 7.49. The standard InChI is InChI=1S/C9H12O4/c1-11-5-2-6-12-9-4-3-8(7-10)13-9/h3-4,7H,2,5-6H2,1H3. The topological polar surface area (TPSA) is 48.7 Å². The van der Waals surface area contributed by atoms with Crippen molar-refractivity contribution in [2.24, 2.45) is 0 Å². The van der Waals surface area contributed by atoms with Gasteiger partial charge in [-0.25, -0.2) is 0 Å². The minimum absolute atomic E-state index is 0.279. The molecule has 1 rings (SSSR count). The lowest BCUT2D eigenvalue weighted by atomic mass is 10.5. The Kier molecular flexibility index (Phi) is 4.05. The van der Waals surface area contributed by atoms with Gasteiger partial charge < -0.3 is 13.9 Å². The Morgan fingerprint density at radius 3 is 2.92 bits per heavy atom. The van der Waals surface area contributed by atoms with Crippen LogP contribution in [0.2, 0.25) is 0 Å². The first-order valence-corrected chi connectivity index (χ1v) is 4.03. The van der Waals surface area contributed by atoms with E-state index < -0.39 is 0 Å². The molecule has 0 aromatic carbocycles. The smallest absolute Gasteiger partial charge is 0.284 e. The first-order valence-electron chi connectivity index (χ1n) is 4.03. The molecule has 1 heterocycles. The monoisotopic (exact) mass is 184 g/mol. The fourth-order valence-electron chi connectivity index (χ4n) is 0.851. The predicted octanol–water partition coefficient (Wildman–Crippen LogP) is 1.51. The van der Waals surface area contributed by atoms with Crippen LogP contribution in [0.3, 0.4) is 0 Å². The second kappa shape index (κ2) is 5.37. The van der Waals surface area contributed by atoms with Crippen molar-refractivity contribution >= 4 is 6.29 Å². The summed E-state index contributed by atoms with van der Waals surface area (Å²) in [6.07, 6.45) is 1.44. The lowest BCUT2D eigenvalue weighted by molar-refractivity contribution is 0.108. The van der Waals surface area contributed by atoms with E-state index in [1.165, 1.54) is 0 Å². The number of furan rings is 1. The van der Waals surface area contributed by atoms with Crippen LogP contribution < -0.4 is 4.74 Å². The quantitative estimate of drug-likeness (QED) is 0.496. The van der Waals surface area contributed by atoms with Gasteiger partial charge in [-0.3, -0.25) is 4.79 Å². The molecule has 0 radical (unpaired) electrons. The molecule has 0 saturated heterocycles. The molecule has 0 unspecified atom stereocenters. The Morgan fingerprint density at radius 2 is 2.31 bits per heavy atom. The van der Waals surface area contributed by atoms with Crippen LogP contribution in [-0.2, 0) is 4.74 Å². The largest absolute Gasteiger partial charge is 0.465 e. The van der Waals surface area contributed by atoms with Gasteiger partial charge in [0.2, 0.25) is 0 Å². The van der Waals surface area contributed by atoms with E-state index in [-0.39, 0.29) is 5.76 Å². The number of aldehydes is 1. The highest BCUT2D eigenvalue weighted by Gasteiger charge is 2.00. The van der Waals surface area contributed by atoms with Crippen molar-refractivity contribution in [3.63, 3.8) is 0 Å². The summed E-state index contributed by atoms with van der Waals surface area (Å²) in [5, 5.41) is 0. The third-order valence-corrected chi connectivity index (χ3v) is 1.46. The molecular weight excluding hydrogens is 172 g/mol. The third kappa shape index (κ3) is 3.29. The van der Waals surface area contributed by atoms with Gasteiger partial charge in [-0.05, 0) is 6.07 Å². The fraction of sp³-hybridized carbons (Fsp3) is 0.444. The Balaban J connectivity index is 2.24. The molecule has 4 nitrogen and oxygen atoms in total. The van der Waals surface area contributed by atoms with Crippen LogP contribution in [0.4, 0.5) is 0 Å². The van der Waals surface area contributed by atoms with E-state index in [9.17, 15) is 4.79 Å². The number of rotatable bonds is 6. The molecule has 0 aliphatic heterocycles. The summed E-state index contributed by atoms with van der Waals surface area (Å²) < 4.78 is 15.0. The molecule has 1 aromatic rings. The maximum Gasteiger partial charge on any atom is 0.284 e. The van der Waals surface area contributed by atoms with Gasteiger partial charge in [0.15, 0.2) is 12.0 Å². The highest BCUT2D eigenvalue weighted by atomic mass is 16.6. The van der Waals surface area contributed by atoms with E-state index in [0.717, 1.165) is 6.42 Å². The molecule has 0 aliphatic carbocycles. The lowest BCUT2D eigenvalue weighted by Crippen LogP contribution is -2.00. The molecule has 0 bridgehead atoms. The minimum Gasteiger partial charge on any atom is -0.465 e. The van der Waals surface area contributed by atoms with Crippen molar-refractivity contribution in [3.8, 4) is 5.95 Å².